The largest absolute Gasteiger partial charge is 0.454 e. The molecule has 0 aromatic heterocycles. The van der Waals surface area contributed by atoms with Crippen molar-refractivity contribution in [2.45, 2.75) is 46.1 Å². The van der Waals surface area contributed by atoms with Crippen molar-refractivity contribution in [3.05, 3.63) is 48.0 Å². The average Bonchev–Trinajstić information content (AvgIpc) is 2.60. The van der Waals surface area contributed by atoms with Crippen molar-refractivity contribution in [2.24, 2.45) is 0 Å². The second-order valence-electron chi connectivity index (χ2n) is 5.83. The molecule has 6 nitrogen and oxygen atoms in total. The van der Waals surface area contributed by atoms with Crippen LogP contribution in [0, 0.1) is 0 Å². The molecule has 0 spiro atoms. The van der Waals surface area contributed by atoms with Crippen molar-refractivity contribution in [3.8, 4) is 0 Å². The number of carbonyl (C=O) groups is 2. The molecule has 1 amide bonds. The number of hydrogen-bond donors (Lipinski definition) is 1. The standard InChI is InChI=1S/C19H27NO5/c1-5-9-23-15(4)19(22)25-13-18(21)20-11-16-7-6-8-17(10-16)12-24-14(2)3/h5-8,10,14-15H,1,9,11-13H2,2-4H3,(H,20,21). The Bertz CT molecular complexity index is 571. The zero-order valence-electron chi connectivity index (χ0n) is 15.1. The predicted octanol–water partition coefficient (Wildman–Crippen LogP) is 2.36. The van der Waals surface area contributed by atoms with Crippen LogP contribution in [0.2, 0.25) is 0 Å². The van der Waals surface area contributed by atoms with E-state index in [1.807, 2.05) is 38.1 Å². The Morgan fingerprint density at radius 2 is 1.92 bits per heavy atom. The Morgan fingerprint density at radius 3 is 2.60 bits per heavy atom. The number of amides is 1. The van der Waals surface area contributed by atoms with E-state index in [4.69, 9.17) is 14.2 Å². The number of hydrogen-bond acceptors (Lipinski definition) is 5. The first-order chi connectivity index (χ1) is 11.9. The van der Waals surface area contributed by atoms with Crippen LogP contribution in [0.5, 0.6) is 0 Å². The third-order valence-electron chi connectivity index (χ3n) is 3.21. The third-order valence-corrected chi connectivity index (χ3v) is 3.21. The molecule has 1 aromatic carbocycles. The number of carbonyl (C=O) groups excluding carboxylic acids is 2. The Kier molecular flexibility index (Phi) is 9.50. The lowest BCUT2D eigenvalue weighted by Gasteiger charge is -2.12. The minimum atomic E-state index is -0.733. The first-order valence-corrected chi connectivity index (χ1v) is 8.27. The normalized spacial score (nSPS) is 11.8. The van der Waals surface area contributed by atoms with E-state index in [9.17, 15) is 9.59 Å². The van der Waals surface area contributed by atoms with Gasteiger partial charge in [-0.3, -0.25) is 4.79 Å². The first kappa shape index (κ1) is 20.9. The molecule has 0 bridgehead atoms. The van der Waals surface area contributed by atoms with Crippen LogP contribution in [0.1, 0.15) is 31.9 Å². The highest BCUT2D eigenvalue weighted by atomic mass is 16.6. The summed E-state index contributed by atoms with van der Waals surface area (Å²) in [5.41, 5.74) is 1.99. The van der Waals surface area contributed by atoms with Crippen LogP contribution >= 0.6 is 0 Å². The van der Waals surface area contributed by atoms with Gasteiger partial charge in [0.05, 0.1) is 19.3 Å². The molecule has 0 aliphatic carbocycles. The summed E-state index contributed by atoms with van der Waals surface area (Å²) in [5.74, 6) is -0.946. The summed E-state index contributed by atoms with van der Waals surface area (Å²) in [7, 11) is 0. The number of nitrogens with one attached hydrogen (secondary N) is 1. The fourth-order valence-corrected chi connectivity index (χ4v) is 1.88. The summed E-state index contributed by atoms with van der Waals surface area (Å²) in [4.78, 5) is 23.4. The summed E-state index contributed by atoms with van der Waals surface area (Å²) in [6.07, 6.45) is 0.968. The fourth-order valence-electron chi connectivity index (χ4n) is 1.88. The van der Waals surface area contributed by atoms with E-state index >= 15 is 0 Å². The van der Waals surface area contributed by atoms with Gasteiger partial charge in [-0.25, -0.2) is 4.79 Å². The van der Waals surface area contributed by atoms with Crippen LogP contribution in [0.15, 0.2) is 36.9 Å². The lowest BCUT2D eigenvalue weighted by Crippen LogP contribution is -2.31. The maximum absolute atomic E-state index is 11.8. The molecule has 0 aliphatic heterocycles. The highest BCUT2D eigenvalue weighted by Gasteiger charge is 2.15. The Morgan fingerprint density at radius 1 is 1.20 bits per heavy atom. The van der Waals surface area contributed by atoms with Crippen molar-refractivity contribution in [2.75, 3.05) is 13.2 Å². The summed E-state index contributed by atoms with van der Waals surface area (Å²) < 4.78 is 15.6. The monoisotopic (exact) mass is 349 g/mol. The highest BCUT2D eigenvalue weighted by molar-refractivity contribution is 5.81. The molecule has 0 fully saturated rings. The van der Waals surface area contributed by atoms with E-state index in [0.717, 1.165) is 11.1 Å². The van der Waals surface area contributed by atoms with Crippen molar-refractivity contribution in [3.63, 3.8) is 0 Å². The van der Waals surface area contributed by atoms with Gasteiger partial charge in [-0.2, -0.15) is 0 Å². The fraction of sp³-hybridized carbons (Fsp3) is 0.474. The maximum Gasteiger partial charge on any atom is 0.335 e. The second-order valence-corrected chi connectivity index (χ2v) is 5.83. The zero-order valence-corrected chi connectivity index (χ0v) is 15.1. The van der Waals surface area contributed by atoms with Gasteiger partial charge in [0.1, 0.15) is 0 Å². The molecule has 138 valence electrons. The lowest BCUT2D eigenvalue weighted by molar-refractivity contribution is -0.158. The van der Waals surface area contributed by atoms with E-state index in [0.29, 0.717) is 13.2 Å². The molecule has 0 heterocycles. The predicted molar refractivity (Wildman–Crippen MR) is 94.8 cm³/mol. The van der Waals surface area contributed by atoms with Crippen LogP contribution in [0.25, 0.3) is 0 Å². The van der Waals surface area contributed by atoms with Gasteiger partial charge in [0, 0.05) is 6.54 Å². The van der Waals surface area contributed by atoms with Crippen LogP contribution in [-0.4, -0.2) is 37.3 Å². The van der Waals surface area contributed by atoms with E-state index in [1.165, 1.54) is 6.08 Å². The summed E-state index contributed by atoms with van der Waals surface area (Å²) >= 11 is 0. The molecule has 0 aliphatic rings. The van der Waals surface area contributed by atoms with Crippen molar-refractivity contribution < 1.29 is 23.8 Å². The van der Waals surface area contributed by atoms with E-state index in [2.05, 4.69) is 11.9 Å². The lowest BCUT2D eigenvalue weighted by atomic mass is 10.1. The van der Waals surface area contributed by atoms with Gasteiger partial charge in [0.25, 0.3) is 5.91 Å². The highest BCUT2D eigenvalue weighted by Crippen LogP contribution is 2.08. The Balaban J connectivity index is 2.35. The van der Waals surface area contributed by atoms with Gasteiger partial charge in [0.15, 0.2) is 12.7 Å². The smallest absolute Gasteiger partial charge is 0.335 e. The number of ether oxygens (including phenoxy) is 3. The van der Waals surface area contributed by atoms with Gasteiger partial charge in [-0.1, -0.05) is 30.3 Å². The van der Waals surface area contributed by atoms with E-state index in [-0.39, 0.29) is 25.2 Å². The third kappa shape index (κ3) is 9.02. The van der Waals surface area contributed by atoms with Crippen LogP contribution in [-0.2, 0) is 37.0 Å². The van der Waals surface area contributed by atoms with E-state index in [1.54, 1.807) is 6.92 Å². The van der Waals surface area contributed by atoms with Crippen molar-refractivity contribution in [1.29, 1.82) is 0 Å². The maximum atomic E-state index is 11.8. The molecule has 0 radical (unpaired) electrons. The van der Waals surface area contributed by atoms with Crippen LogP contribution < -0.4 is 5.32 Å². The summed E-state index contributed by atoms with van der Waals surface area (Å²) in [6, 6.07) is 7.77. The van der Waals surface area contributed by atoms with Gasteiger partial charge >= 0.3 is 5.97 Å². The molecule has 1 unspecified atom stereocenters. The molecule has 0 saturated heterocycles. The molecule has 0 saturated carbocycles. The second kappa shape index (κ2) is 11.4. The molecule has 1 atom stereocenters. The minimum absolute atomic E-state index is 0.163. The quantitative estimate of drug-likeness (QED) is 0.490. The number of benzene rings is 1. The van der Waals surface area contributed by atoms with Gasteiger partial charge < -0.3 is 19.5 Å². The SMILES string of the molecule is C=CCOC(C)C(=O)OCC(=O)NCc1cccc(COC(C)C)c1. The molecule has 25 heavy (non-hydrogen) atoms. The van der Waals surface area contributed by atoms with Gasteiger partial charge in [-0.05, 0) is 31.9 Å². The molecule has 1 rings (SSSR count). The molecular formula is C19H27NO5. The van der Waals surface area contributed by atoms with Crippen molar-refractivity contribution in [1.82, 2.24) is 5.32 Å². The number of esters is 1. The first-order valence-electron chi connectivity index (χ1n) is 8.27. The molecule has 1 aromatic rings. The van der Waals surface area contributed by atoms with E-state index < -0.39 is 12.1 Å². The molecular weight excluding hydrogens is 322 g/mol. The molecule has 6 heteroatoms. The zero-order chi connectivity index (χ0) is 18.7. The topological polar surface area (TPSA) is 73.9 Å². The Labute approximate surface area is 149 Å². The van der Waals surface area contributed by atoms with Crippen LogP contribution in [0.3, 0.4) is 0 Å². The Hall–Kier alpha value is -2.18. The average molecular weight is 349 g/mol. The van der Waals surface area contributed by atoms with Gasteiger partial charge in [0.2, 0.25) is 0 Å². The summed E-state index contributed by atoms with van der Waals surface area (Å²) in [5, 5.41) is 2.71. The summed E-state index contributed by atoms with van der Waals surface area (Å²) in [6.45, 7) is 9.82. The van der Waals surface area contributed by atoms with Crippen molar-refractivity contribution >= 4 is 11.9 Å². The van der Waals surface area contributed by atoms with Crippen LogP contribution in [0.4, 0.5) is 0 Å². The van der Waals surface area contributed by atoms with Gasteiger partial charge in [-0.15, -0.1) is 6.58 Å². The number of rotatable bonds is 11. The minimum Gasteiger partial charge on any atom is -0.454 e. The molecule has 1 N–H and O–H groups in total.